The standard InChI is InChI=1S/C12H12N2O2/c1-8-10(12(15)16)7-11(14(8)2)9-3-5-13-6-4-9/h3-7H,1-2H3,(H,15,16). The van der Waals surface area contributed by atoms with Crippen molar-refractivity contribution in [3.8, 4) is 11.3 Å². The molecule has 16 heavy (non-hydrogen) atoms. The molecule has 0 atom stereocenters. The highest BCUT2D eigenvalue weighted by Gasteiger charge is 2.15. The second-order valence-electron chi connectivity index (χ2n) is 3.63. The van der Waals surface area contributed by atoms with Gasteiger partial charge in [-0.05, 0) is 25.1 Å². The smallest absolute Gasteiger partial charge is 0.337 e. The van der Waals surface area contributed by atoms with Gasteiger partial charge in [-0.15, -0.1) is 0 Å². The number of aromatic nitrogens is 2. The predicted octanol–water partition coefficient (Wildman–Crippen LogP) is 2.09. The Morgan fingerprint density at radius 3 is 2.50 bits per heavy atom. The molecule has 0 spiro atoms. The second kappa shape index (κ2) is 3.81. The van der Waals surface area contributed by atoms with Crippen LogP contribution in [0.15, 0.2) is 30.6 Å². The van der Waals surface area contributed by atoms with E-state index in [4.69, 9.17) is 5.11 Å². The first-order valence-electron chi connectivity index (χ1n) is 4.91. The molecule has 2 aromatic heterocycles. The van der Waals surface area contributed by atoms with Crippen LogP contribution in [0.4, 0.5) is 0 Å². The average molecular weight is 216 g/mol. The van der Waals surface area contributed by atoms with Gasteiger partial charge in [-0.3, -0.25) is 4.98 Å². The summed E-state index contributed by atoms with van der Waals surface area (Å²) < 4.78 is 1.87. The van der Waals surface area contributed by atoms with Gasteiger partial charge in [0.25, 0.3) is 0 Å². The van der Waals surface area contributed by atoms with Crippen LogP contribution in [0.5, 0.6) is 0 Å². The molecule has 0 saturated heterocycles. The lowest BCUT2D eigenvalue weighted by atomic mass is 10.2. The maximum absolute atomic E-state index is 11.0. The number of aromatic carboxylic acids is 1. The molecule has 0 radical (unpaired) electrons. The minimum absolute atomic E-state index is 0.342. The summed E-state index contributed by atoms with van der Waals surface area (Å²) in [5.41, 5.74) is 2.94. The molecule has 4 nitrogen and oxygen atoms in total. The second-order valence-corrected chi connectivity index (χ2v) is 3.63. The van der Waals surface area contributed by atoms with Crippen LogP contribution >= 0.6 is 0 Å². The lowest BCUT2D eigenvalue weighted by molar-refractivity contribution is 0.0696. The van der Waals surface area contributed by atoms with Crippen molar-refractivity contribution in [1.82, 2.24) is 9.55 Å². The molecule has 0 fully saturated rings. The van der Waals surface area contributed by atoms with Crippen molar-refractivity contribution in [3.63, 3.8) is 0 Å². The van der Waals surface area contributed by atoms with Crippen LogP contribution in [0.3, 0.4) is 0 Å². The first-order valence-corrected chi connectivity index (χ1v) is 4.91. The molecule has 82 valence electrons. The van der Waals surface area contributed by atoms with Gasteiger partial charge in [0.1, 0.15) is 0 Å². The van der Waals surface area contributed by atoms with E-state index in [0.717, 1.165) is 17.0 Å². The quantitative estimate of drug-likeness (QED) is 0.836. The summed E-state index contributed by atoms with van der Waals surface area (Å²) >= 11 is 0. The highest BCUT2D eigenvalue weighted by atomic mass is 16.4. The fourth-order valence-electron chi connectivity index (χ4n) is 1.72. The molecule has 2 rings (SSSR count). The maximum atomic E-state index is 11.0. The third-order valence-corrected chi connectivity index (χ3v) is 2.74. The number of carbonyl (C=O) groups is 1. The third kappa shape index (κ3) is 1.58. The molecule has 1 N–H and O–H groups in total. The average Bonchev–Trinajstić information content (AvgIpc) is 2.58. The van der Waals surface area contributed by atoms with Gasteiger partial charge >= 0.3 is 5.97 Å². The summed E-state index contributed by atoms with van der Waals surface area (Å²) in [7, 11) is 1.86. The molecule has 2 aromatic rings. The van der Waals surface area contributed by atoms with Gasteiger partial charge in [0.15, 0.2) is 0 Å². The summed E-state index contributed by atoms with van der Waals surface area (Å²) in [4.78, 5) is 14.9. The molecule has 0 bridgehead atoms. The molecular weight excluding hydrogens is 204 g/mol. The van der Waals surface area contributed by atoms with E-state index in [1.807, 2.05) is 23.7 Å². The lowest BCUT2D eigenvalue weighted by Crippen LogP contribution is -1.99. The molecule has 0 aromatic carbocycles. The number of pyridine rings is 1. The Hall–Kier alpha value is -2.10. The zero-order valence-corrected chi connectivity index (χ0v) is 9.14. The molecule has 4 heteroatoms. The highest BCUT2D eigenvalue weighted by Crippen LogP contribution is 2.24. The van der Waals surface area contributed by atoms with Crippen molar-refractivity contribution >= 4 is 5.97 Å². The molecule has 2 heterocycles. The summed E-state index contributed by atoms with van der Waals surface area (Å²) in [5.74, 6) is -0.895. The Morgan fingerprint density at radius 1 is 1.38 bits per heavy atom. The summed E-state index contributed by atoms with van der Waals surface area (Å²) in [6, 6.07) is 5.41. The molecule has 0 unspecified atom stereocenters. The van der Waals surface area contributed by atoms with Gasteiger partial charge in [-0.2, -0.15) is 0 Å². The number of nitrogens with zero attached hydrogens (tertiary/aromatic N) is 2. The third-order valence-electron chi connectivity index (χ3n) is 2.74. The molecule has 0 aliphatic heterocycles. The van der Waals surface area contributed by atoms with Crippen molar-refractivity contribution < 1.29 is 9.90 Å². The van der Waals surface area contributed by atoms with Gasteiger partial charge in [0, 0.05) is 36.4 Å². The Bertz CT molecular complexity index is 529. The van der Waals surface area contributed by atoms with E-state index in [2.05, 4.69) is 4.98 Å². The number of hydrogen-bond acceptors (Lipinski definition) is 2. The Balaban J connectivity index is 2.60. The van der Waals surface area contributed by atoms with Gasteiger partial charge < -0.3 is 9.67 Å². The summed E-state index contributed by atoms with van der Waals surface area (Å²) in [6.07, 6.45) is 3.39. The fraction of sp³-hybridized carbons (Fsp3) is 0.167. The van der Waals surface area contributed by atoms with Crippen LogP contribution in [-0.4, -0.2) is 20.6 Å². The normalized spacial score (nSPS) is 10.4. The van der Waals surface area contributed by atoms with Crippen molar-refractivity contribution in [2.75, 3.05) is 0 Å². The van der Waals surface area contributed by atoms with E-state index in [-0.39, 0.29) is 0 Å². The minimum atomic E-state index is -0.895. The number of hydrogen-bond donors (Lipinski definition) is 1. The lowest BCUT2D eigenvalue weighted by Gasteiger charge is -2.04. The highest BCUT2D eigenvalue weighted by molar-refractivity contribution is 5.91. The first-order chi connectivity index (χ1) is 7.61. The van der Waals surface area contributed by atoms with Gasteiger partial charge in [0.2, 0.25) is 0 Å². The van der Waals surface area contributed by atoms with Gasteiger partial charge in [-0.1, -0.05) is 0 Å². The molecule has 0 amide bonds. The Labute approximate surface area is 93.2 Å². The monoisotopic (exact) mass is 216 g/mol. The predicted molar refractivity (Wildman–Crippen MR) is 60.3 cm³/mol. The Morgan fingerprint density at radius 2 is 2.00 bits per heavy atom. The molecular formula is C12H12N2O2. The molecule has 0 aliphatic rings. The van der Waals surface area contributed by atoms with E-state index >= 15 is 0 Å². The zero-order chi connectivity index (χ0) is 11.7. The summed E-state index contributed by atoms with van der Waals surface area (Å²) in [5, 5.41) is 9.02. The molecule has 0 aliphatic carbocycles. The SMILES string of the molecule is Cc1c(C(=O)O)cc(-c2ccncc2)n1C. The Kier molecular flexibility index (Phi) is 2.48. The maximum Gasteiger partial charge on any atom is 0.337 e. The van der Waals surface area contributed by atoms with E-state index in [0.29, 0.717) is 5.56 Å². The van der Waals surface area contributed by atoms with Crippen LogP contribution in [0, 0.1) is 6.92 Å². The summed E-state index contributed by atoms with van der Waals surface area (Å²) in [6.45, 7) is 1.80. The van der Waals surface area contributed by atoms with E-state index < -0.39 is 5.97 Å². The van der Waals surface area contributed by atoms with Crippen LogP contribution in [0.25, 0.3) is 11.3 Å². The van der Waals surface area contributed by atoms with E-state index in [1.165, 1.54) is 0 Å². The topological polar surface area (TPSA) is 55.1 Å². The van der Waals surface area contributed by atoms with Crippen molar-refractivity contribution in [3.05, 3.63) is 41.9 Å². The first kappa shape index (κ1) is 10.4. The van der Waals surface area contributed by atoms with Crippen LogP contribution in [0.1, 0.15) is 16.1 Å². The largest absolute Gasteiger partial charge is 0.478 e. The van der Waals surface area contributed by atoms with E-state index in [9.17, 15) is 4.79 Å². The number of carboxylic acids is 1. The minimum Gasteiger partial charge on any atom is -0.478 e. The number of rotatable bonds is 2. The molecule has 0 saturated carbocycles. The zero-order valence-electron chi connectivity index (χ0n) is 9.14. The van der Waals surface area contributed by atoms with Crippen LogP contribution in [-0.2, 0) is 7.05 Å². The van der Waals surface area contributed by atoms with Crippen LogP contribution < -0.4 is 0 Å². The van der Waals surface area contributed by atoms with Gasteiger partial charge in [-0.25, -0.2) is 4.79 Å². The van der Waals surface area contributed by atoms with Crippen molar-refractivity contribution in [2.45, 2.75) is 6.92 Å². The fourth-order valence-corrected chi connectivity index (χ4v) is 1.72. The van der Waals surface area contributed by atoms with E-state index in [1.54, 1.807) is 25.4 Å². The van der Waals surface area contributed by atoms with Crippen LogP contribution in [0.2, 0.25) is 0 Å². The van der Waals surface area contributed by atoms with Crippen molar-refractivity contribution in [1.29, 1.82) is 0 Å². The van der Waals surface area contributed by atoms with Gasteiger partial charge in [0.05, 0.1) is 5.56 Å². The van der Waals surface area contributed by atoms with Crippen molar-refractivity contribution in [2.24, 2.45) is 7.05 Å². The number of carboxylic acid groups (broad SMARTS) is 1.